The van der Waals surface area contributed by atoms with Gasteiger partial charge in [-0.3, -0.25) is 4.79 Å². The molecule has 27 heavy (non-hydrogen) atoms. The Labute approximate surface area is 166 Å². The lowest BCUT2D eigenvalue weighted by Crippen LogP contribution is -2.11. The first-order valence-corrected chi connectivity index (χ1v) is 8.91. The zero-order chi connectivity index (χ0) is 19.2. The van der Waals surface area contributed by atoms with Crippen molar-refractivity contribution in [2.75, 3.05) is 0 Å². The van der Waals surface area contributed by atoms with Gasteiger partial charge in [-0.05, 0) is 48.0 Å². The molecule has 0 saturated heterocycles. The molecule has 7 heteroatoms. The van der Waals surface area contributed by atoms with E-state index in [4.69, 9.17) is 37.8 Å². The van der Waals surface area contributed by atoms with Crippen LogP contribution in [-0.2, 0) is 19.8 Å². The van der Waals surface area contributed by atoms with Crippen molar-refractivity contribution in [2.24, 2.45) is 0 Å². The minimum Gasteiger partial charge on any atom is -0.489 e. The summed E-state index contributed by atoms with van der Waals surface area (Å²) in [4.78, 5) is 14.2. The number of rotatable bonds is 7. The molecule has 0 atom stereocenters. The average molecular weight is 406 g/mol. The number of pyridine rings is 1. The second-order valence-electron chi connectivity index (χ2n) is 5.82. The van der Waals surface area contributed by atoms with Crippen LogP contribution in [0, 0.1) is 0 Å². The van der Waals surface area contributed by atoms with Gasteiger partial charge in [-0.1, -0.05) is 29.3 Å². The van der Waals surface area contributed by atoms with Gasteiger partial charge in [-0.15, -0.1) is 0 Å². The number of aromatic amines is 1. The predicted octanol–water partition coefficient (Wildman–Crippen LogP) is 4.33. The van der Waals surface area contributed by atoms with Gasteiger partial charge in [0.15, 0.2) is 0 Å². The largest absolute Gasteiger partial charge is 0.489 e. The molecule has 3 rings (SSSR count). The van der Waals surface area contributed by atoms with Crippen molar-refractivity contribution >= 4 is 23.2 Å². The maximum atomic E-state index is 11.5. The molecule has 0 spiro atoms. The highest BCUT2D eigenvalue weighted by atomic mass is 35.5. The zero-order valence-electron chi connectivity index (χ0n) is 14.2. The molecule has 5 nitrogen and oxygen atoms in total. The number of aliphatic hydroxyl groups excluding tert-OH is 1. The molecule has 0 aliphatic carbocycles. The van der Waals surface area contributed by atoms with Crippen LogP contribution in [0.15, 0.2) is 59.4 Å². The summed E-state index contributed by atoms with van der Waals surface area (Å²) in [6.45, 7) is 0.315. The van der Waals surface area contributed by atoms with Crippen LogP contribution in [0.25, 0.3) is 0 Å². The van der Waals surface area contributed by atoms with E-state index in [1.807, 2.05) is 6.07 Å². The SMILES string of the molecule is O=c1cc(CO)cc(COc2ccc(OCc3ccc(Cl)cc3Cl)cc2)[nH]1. The van der Waals surface area contributed by atoms with E-state index in [9.17, 15) is 4.79 Å². The van der Waals surface area contributed by atoms with Crippen LogP contribution in [0.2, 0.25) is 10.0 Å². The van der Waals surface area contributed by atoms with Crippen LogP contribution in [0.1, 0.15) is 16.8 Å². The molecular formula is C20H17Cl2NO4. The van der Waals surface area contributed by atoms with Crippen molar-refractivity contribution in [3.8, 4) is 11.5 Å². The number of aromatic nitrogens is 1. The summed E-state index contributed by atoms with van der Waals surface area (Å²) in [6.07, 6.45) is 0. The summed E-state index contributed by atoms with van der Waals surface area (Å²) in [5.41, 5.74) is 1.70. The van der Waals surface area contributed by atoms with E-state index in [1.54, 1.807) is 42.5 Å². The number of halogens is 2. The Morgan fingerprint density at radius 2 is 1.56 bits per heavy atom. The molecule has 0 aliphatic rings. The van der Waals surface area contributed by atoms with Crippen LogP contribution < -0.4 is 15.0 Å². The van der Waals surface area contributed by atoms with E-state index >= 15 is 0 Å². The molecule has 1 aromatic heterocycles. The van der Waals surface area contributed by atoms with E-state index in [-0.39, 0.29) is 18.8 Å². The molecule has 1 heterocycles. The first-order chi connectivity index (χ1) is 13.0. The minimum atomic E-state index is -0.273. The van der Waals surface area contributed by atoms with Gasteiger partial charge < -0.3 is 19.6 Å². The van der Waals surface area contributed by atoms with Gasteiger partial charge in [0, 0.05) is 21.7 Å². The van der Waals surface area contributed by atoms with Crippen molar-refractivity contribution < 1.29 is 14.6 Å². The molecular weight excluding hydrogens is 389 g/mol. The van der Waals surface area contributed by atoms with E-state index in [0.29, 0.717) is 39.4 Å². The Hall–Kier alpha value is -2.47. The molecule has 2 N–H and O–H groups in total. The van der Waals surface area contributed by atoms with E-state index < -0.39 is 0 Å². The van der Waals surface area contributed by atoms with Crippen LogP contribution in [0.4, 0.5) is 0 Å². The highest BCUT2D eigenvalue weighted by molar-refractivity contribution is 6.35. The summed E-state index contributed by atoms with van der Waals surface area (Å²) in [5, 5.41) is 10.3. The van der Waals surface area contributed by atoms with Crippen LogP contribution in [0.5, 0.6) is 11.5 Å². The molecule has 0 radical (unpaired) electrons. The number of aliphatic hydroxyl groups is 1. The fraction of sp³-hybridized carbons (Fsp3) is 0.150. The number of hydrogen-bond acceptors (Lipinski definition) is 4. The number of hydrogen-bond donors (Lipinski definition) is 2. The third-order valence-corrected chi connectivity index (χ3v) is 4.36. The van der Waals surface area contributed by atoms with Gasteiger partial charge >= 0.3 is 0 Å². The smallest absolute Gasteiger partial charge is 0.248 e. The molecule has 0 unspecified atom stereocenters. The lowest BCUT2D eigenvalue weighted by atomic mass is 10.2. The van der Waals surface area contributed by atoms with Gasteiger partial charge in [0.25, 0.3) is 0 Å². The first kappa shape index (κ1) is 19.3. The lowest BCUT2D eigenvalue weighted by molar-refractivity contribution is 0.279. The monoisotopic (exact) mass is 405 g/mol. The van der Waals surface area contributed by atoms with Crippen LogP contribution in [0.3, 0.4) is 0 Å². The molecule has 0 saturated carbocycles. The first-order valence-electron chi connectivity index (χ1n) is 8.16. The third-order valence-electron chi connectivity index (χ3n) is 3.77. The number of nitrogens with one attached hydrogen (secondary N) is 1. The Morgan fingerprint density at radius 1 is 0.889 bits per heavy atom. The quantitative estimate of drug-likeness (QED) is 0.613. The predicted molar refractivity (Wildman–Crippen MR) is 105 cm³/mol. The summed E-state index contributed by atoms with van der Waals surface area (Å²) < 4.78 is 11.4. The summed E-state index contributed by atoms with van der Waals surface area (Å²) in [7, 11) is 0. The molecule has 140 valence electrons. The standard InChI is InChI=1S/C20H17Cl2NO4/c21-15-2-1-14(19(22)9-15)11-26-17-3-5-18(6-4-17)27-12-16-7-13(10-24)8-20(25)23-16/h1-9,24H,10-12H2,(H,23,25). The van der Waals surface area contributed by atoms with E-state index in [0.717, 1.165) is 5.56 Å². The number of ether oxygens (including phenoxy) is 2. The Bertz CT molecular complexity index is 970. The van der Waals surface area contributed by atoms with Gasteiger partial charge in [0.2, 0.25) is 5.56 Å². The zero-order valence-corrected chi connectivity index (χ0v) is 15.8. The number of benzene rings is 2. The summed E-state index contributed by atoms with van der Waals surface area (Å²) in [5.74, 6) is 1.30. The fourth-order valence-electron chi connectivity index (χ4n) is 2.43. The Balaban J connectivity index is 1.57. The van der Waals surface area contributed by atoms with Gasteiger partial charge in [0.1, 0.15) is 24.7 Å². The van der Waals surface area contributed by atoms with Crippen LogP contribution in [-0.4, -0.2) is 10.1 Å². The second kappa shape index (κ2) is 8.95. The van der Waals surface area contributed by atoms with Crippen molar-refractivity contribution in [3.05, 3.63) is 91.8 Å². The normalized spacial score (nSPS) is 10.6. The molecule has 0 bridgehead atoms. The Kier molecular flexibility index (Phi) is 6.40. The molecule has 0 amide bonds. The summed E-state index contributed by atoms with van der Waals surface area (Å²) >= 11 is 12.0. The maximum Gasteiger partial charge on any atom is 0.248 e. The number of H-pyrrole nitrogens is 1. The second-order valence-corrected chi connectivity index (χ2v) is 6.66. The minimum absolute atomic E-state index is 0.184. The van der Waals surface area contributed by atoms with Crippen molar-refractivity contribution in [2.45, 2.75) is 19.8 Å². The Morgan fingerprint density at radius 3 is 2.19 bits per heavy atom. The molecule has 0 fully saturated rings. The van der Waals surface area contributed by atoms with Crippen molar-refractivity contribution in [3.63, 3.8) is 0 Å². The van der Waals surface area contributed by atoms with Gasteiger partial charge in [-0.25, -0.2) is 0 Å². The van der Waals surface area contributed by atoms with Crippen molar-refractivity contribution in [1.29, 1.82) is 0 Å². The molecule has 3 aromatic rings. The fourth-order valence-corrected chi connectivity index (χ4v) is 2.89. The van der Waals surface area contributed by atoms with E-state index in [1.165, 1.54) is 6.07 Å². The molecule has 0 aliphatic heterocycles. The lowest BCUT2D eigenvalue weighted by Gasteiger charge is -2.10. The average Bonchev–Trinajstić information content (AvgIpc) is 2.66. The highest BCUT2D eigenvalue weighted by Gasteiger charge is 2.04. The maximum absolute atomic E-state index is 11.5. The summed E-state index contributed by atoms with van der Waals surface area (Å²) in [6, 6.07) is 15.4. The van der Waals surface area contributed by atoms with Crippen LogP contribution >= 0.6 is 23.2 Å². The topological polar surface area (TPSA) is 71.6 Å². The highest BCUT2D eigenvalue weighted by Crippen LogP contribution is 2.24. The van der Waals surface area contributed by atoms with Gasteiger partial charge in [0.05, 0.1) is 12.3 Å². The molecule has 2 aromatic carbocycles. The van der Waals surface area contributed by atoms with Gasteiger partial charge in [-0.2, -0.15) is 0 Å². The van der Waals surface area contributed by atoms with E-state index in [2.05, 4.69) is 4.98 Å². The third kappa shape index (κ3) is 5.50. The van der Waals surface area contributed by atoms with Crippen molar-refractivity contribution in [1.82, 2.24) is 4.98 Å².